The average molecular weight is 754 g/mol. The molecule has 223 valence electrons. The Labute approximate surface area is 273 Å². The maximum Gasteiger partial charge on any atom is 0.130 e. The topological polar surface area (TPSA) is 51.8 Å². The van der Waals surface area contributed by atoms with Crippen LogP contribution >= 0.6 is 0 Å². The molecule has 0 atom stereocenters. The first-order valence-corrected chi connectivity index (χ1v) is 14.6. The first kappa shape index (κ1) is 31.3. The van der Waals surface area contributed by atoms with E-state index in [1.165, 1.54) is 16.7 Å². The van der Waals surface area contributed by atoms with Crippen molar-refractivity contribution < 1.29 is 24.5 Å². The van der Waals surface area contributed by atoms with Crippen LogP contribution in [0.15, 0.2) is 95.8 Å². The fourth-order valence-electron chi connectivity index (χ4n) is 5.46. The molecule has 4 nitrogen and oxygen atoms in total. The Bertz CT molecular complexity index is 2060. The smallest absolute Gasteiger partial charge is 0.130 e. The largest absolute Gasteiger partial charge is 0.500 e. The molecule has 4 heterocycles. The molecule has 0 spiro atoms. The Morgan fingerprint density at radius 1 is 0.750 bits per heavy atom. The summed E-state index contributed by atoms with van der Waals surface area (Å²) in [5, 5.41) is 4.40. The third-order valence-corrected chi connectivity index (χ3v) is 7.61. The number of nitrogens with zero attached hydrogens (tertiary/aromatic N) is 3. The van der Waals surface area contributed by atoms with Crippen molar-refractivity contribution in [2.75, 3.05) is 0 Å². The minimum absolute atomic E-state index is 0. The van der Waals surface area contributed by atoms with Gasteiger partial charge in [0.1, 0.15) is 5.58 Å². The fourth-order valence-corrected chi connectivity index (χ4v) is 5.46. The van der Waals surface area contributed by atoms with Crippen molar-refractivity contribution in [2.45, 2.75) is 48.0 Å². The second-order valence-corrected chi connectivity index (χ2v) is 12.4. The van der Waals surface area contributed by atoms with Crippen LogP contribution < -0.4 is 0 Å². The summed E-state index contributed by atoms with van der Waals surface area (Å²) < 4.78 is 6.49. The quantitative estimate of drug-likeness (QED) is 0.169. The molecule has 0 aliphatic rings. The van der Waals surface area contributed by atoms with Crippen LogP contribution in [0.3, 0.4) is 0 Å². The van der Waals surface area contributed by atoms with Crippen LogP contribution in [0.2, 0.25) is 0 Å². The molecule has 0 amide bonds. The first-order chi connectivity index (χ1) is 20.7. The van der Waals surface area contributed by atoms with Crippen molar-refractivity contribution >= 4 is 32.7 Å². The molecule has 0 bridgehead atoms. The summed E-state index contributed by atoms with van der Waals surface area (Å²) >= 11 is 0. The summed E-state index contributed by atoms with van der Waals surface area (Å²) in [7, 11) is 0. The number of rotatable bonds is 3. The molecule has 0 N–H and O–H groups in total. The number of benzene rings is 3. The van der Waals surface area contributed by atoms with Crippen molar-refractivity contribution in [1.82, 2.24) is 15.0 Å². The molecule has 1 radical (unpaired) electrons. The van der Waals surface area contributed by atoms with E-state index in [0.29, 0.717) is 0 Å². The Morgan fingerprint density at radius 3 is 2.27 bits per heavy atom. The van der Waals surface area contributed by atoms with Gasteiger partial charge in [-0.25, -0.2) is 0 Å². The summed E-state index contributed by atoms with van der Waals surface area (Å²) in [5.74, 6) is 0. The molecule has 0 unspecified atom stereocenters. The molecule has 7 rings (SSSR count). The van der Waals surface area contributed by atoms with Crippen LogP contribution in [-0.4, -0.2) is 15.0 Å². The number of fused-ring (bicyclic) bond motifs is 5. The number of pyridine rings is 3. The molecule has 5 heteroatoms. The van der Waals surface area contributed by atoms with Gasteiger partial charge >= 0.3 is 0 Å². The van der Waals surface area contributed by atoms with Crippen molar-refractivity contribution in [3.8, 4) is 22.5 Å². The summed E-state index contributed by atoms with van der Waals surface area (Å²) in [6, 6.07) is 31.0. The average Bonchev–Trinajstić information content (AvgIpc) is 3.38. The normalized spacial score (nSPS) is 11.3. The predicted octanol–water partition coefficient (Wildman–Crippen LogP) is 10.1. The van der Waals surface area contributed by atoms with E-state index in [-0.39, 0.29) is 25.5 Å². The molecule has 44 heavy (non-hydrogen) atoms. The van der Waals surface area contributed by atoms with Crippen LogP contribution in [0.25, 0.3) is 55.2 Å². The third-order valence-electron chi connectivity index (χ3n) is 7.61. The van der Waals surface area contributed by atoms with Crippen LogP contribution in [-0.2, 0) is 26.5 Å². The van der Waals surface area contributed by atoms with Crippen molar-refractivity contribution in [2.24, 2.45) is 5.41 Å². The Balaban J connectivity index is 0.000000230. The molecule has 0 saturated carbocycles. The molecule has 4 aromatic heterocycles. The molecule has 0 fully saturated rings. The van der Waals surface area contributed by atoms with Crippen LogP contribution in [0.1, 0.15) is 43.2 Å². The van der Waals surface area contributed by atoms with Crippen LogP contribution in [0.5, 0.6) is 0 Å². The van der Waals surface area contributed by atoms with Gasteiger partial charge in [0.25, 0.3) is 0 Å². The van der Waals surface area contributed by atoms with E-state index in [9.17, 15) is 0 Å². The van der Waals surface area contributed by atoms with E-state index in [2.05, 4.69) is 80.1 Å². The molecule has 0 saturated heterocycles. The molecular weight excluding hydrogens is 719 g/mol. The zero-order valence-corrected chi connectivity index (χ0v) is 28.3. The Kier molecular flexibility index (Phi) is 9.10. The molecule has 0 aliphatic heterocycles. The van der Waals surface area contributed by atoms with Gasteiger partial charge in [-0.05, 0) is 66.6 Å². The van der Waals surface area contributed by atoms with Crippen molar-refractivity contribution in [3.63, 3.8) is 0 Å². The molecule has 7 aromatic rings. The van der Waals surface area contributed by atoms with Gasteiger partial charge in [-0.2, -0.15) is 0 Å². The maximum atomic E-state index is 6.49. The van der Waals surface area contributed by atoms with Gasteiger partial charge in [-0.15, -0.1) is 54.1 Å². The summed E-state index contributed by atoms with van der Waals surface area (Å²) in [6.07, 6.45) is 6.68. The number of furan rings is 1. The number of aromatic nitrogens is 3. The van der Waals surface area contributed by atoms with E-state index >= 15 is 0 Å². The van der Waals surface area contributed by atoms with E-state index in [4.69, 9.17) is 9.40 Å². The Morgan fingerprint density at radius 2 is 1.55 bits per heavy atom. The molecule has 0 aliphatic carbocycles. The van der Waals surface area contributed by atoms with Gasteiger partial charge in [-0.3, -0.25) is 4.98 Å². The minimum Gasteiger partial charge on any atom is -0.500 e. The van der Waals surface area contributed by atoms with E-state index in [1.807, 2.05) is 74.9 Å². The Hall–Kier alpha value is -4.18. The minimum atomic E-state index is 0. The SMILES string of the molecule is Cc1ccc(-c2[c-]cccc2)nc1.Cc1cnc(-c2[c-]ccc3c2oc2c3ccc3ccnc(C)c32)cc1CC(C)(C)C.[Ir]. The van der Waals surface area contributed by atoms with E-state index < -0.39 is 0 Å². The van der Waals surface area contributed by atoms with Gasteiger partial charge in [0.2, 0.25) is 0 Å². The zero-order valence-electron chi connectivity index (χ0n) is 26.0. The van der Waals surface area contributed by atoms with Crippen molar-refractivity contribution in [3.05, 3.63) is 126 Å². The van der Waals surface area contributed by atoms with E-state index in [0.717, 1.165) is 67.3 Å². The zero-order chi connectivity index (χ0) is 30.1. The fraction of sp³-hybridized carbons (Fsp3) is 0.205. The van der Waals surface area contributed by atoms with E-state index in [1.54, 1.807) is 0 Å². The standard InChI is InChI=1S/C27H25N2O.C12H10N.Ir/c1-16-15-29-23(13-19(16)14-27(3,4)5)22-8-6-7-20-21-10-9-18-11-12-28-17(2)24(18)26(21)30-25(20)22;1-10-7-8-12(13-9-10)11-5-3-2-4-6-11;/h6-7,9-13,15H,14H2,1-5H3;2-5,7-9H,1H3;/q2*-1;. The van der Waals surface area contributed by atoms with Gasteiger partial charge in [-0.1, -0.05) is 67.6 Å². The summed E-state index contributed by atoms with van der Waals surface area (Å²) in [4.78, 5) is 13.5. The second kappa shape index (κ2) is 12.8. The van der Waals surface area contributed by atoms with Gasteiger partial charge in [0.15, 0.2) is 0 Å². The summed E-state index contributed by atoms with van der Waals surface area (Å²) in [5.41, 5.74) is 10.5. The molecule has 3 aromatic carbocycles. The second-order valence-electron chi connectivity index (χ2n) is 12.4. The van der Waals surface area contributed by atoms with Crippen LogP contribution in [0.4, 0.5) is 0 Å². The monoisotopic (exact) mass is 754 g/mol. The van der Waals surface area contributed by atoms with Crippen LogP contribution in [0, 0.1) is 38.3 Å². The number of hydrogen-bond acceptors (Lipinski definition) is 4. The maximum absolute atomic E-state index is 6.49. The first-order valence-electron chi connectivity index (χ1n) is 14.6. The summed E-state index contributed by atoms with van der Waals surface area (Å²) in [6.45, 7) is 13.0. The van der Waals surface area contributed by atoms with Crippen molar-refractivity contribution in [1.29, 1.82) is 0 Å². The third kappa shape index (κ3) is 6.50. The number of aryl methyl sites for hydroxylation is 3. The van der Waals surface area contributed by atoms with Gasteiger partial charge in [0.05, 0.1) is 5.58 Å². The van der Waals surface area contributed by atoms with Gasteiger partial charge in [0, 0.05) is 55.2 Å². The predicted molar refractivity (Wildman–Crippen MR) is 177 cm³/mol. The number of hydrogen-bond donors (Lipinski definition) is 0. The molecular formula is C39H35IrN3O-2. The van der Waals surface area contributed by atoms with Gasteiger partial charge < -0.3 is 14.4 Å².